The van der Waals surface area contributed by atoms with Gasteiger partial charge in [0.05, 0.1) is 22.5 Å². The fourth-order valence-electron chi connectivity index (χ4n) is 2.43. The highest BCUT2D eigenvalue weighted by Crippen LogP contribution is 2.40. The van der Waals surface area contributed by atoms with E-state index in [1.54, 1.807) is 6.92 Å². The molecule has 0 atom stereocenters. The van der Waals surface area contributed by atoms with Gasteiger partial charge in [-0.2, -0.15) is 39.5 Å². The second-order valence-electron chi connectivity index (χ2n) is 6.63. The molecule has 0 amide bonds. The molecule has 0 aliphatic heterocycles. The SMILES string of the molecule is CCC(C)=NOc1cc(C(F)(F)F)nc(=Nc2ccc(C(F)(F)F)cc2C(F)(F)F)n1CC. The zero-order valence-electron chi connectivity index (χ0n) is 17.3. The summed E-state index contributed by atoms with van der Waals surface area (Å²) in [6.07, 6.45) is -15.0. The van der Waals surface area contributed by atoms with Crippen LogP contribution in [0.15, 0.2) is 34.4 Å². The summed E-state index contributed by atoms with van der Waals surface area (Å²) >= 11 is 0. The maximum Gasteiger partial charge on any atom is 0.433 e. The molecule has 0 saturated carbocycles. The third kappa shape index (κ3) is 6.48. The summed E-state index contributed by atoms with van der Waals surface area (Å²) in [6, 6.07) is 1.07. The van der Waals surface area contributed by atoms with Crippen molar-refractivity contribution in [2.24, 2.45) is 10.1 Å². The standard InChI is InChI=1S/C19H17F9N4O/c1-4-10(3)31-33-15-9-14(19(26,27)28)30-16(32(15)5-2)29-13-7-6-11(17(20,21)22)8-12(13)18(23,24)25/h6-9H,4-5H2,1-3H3. The van der Waals surface area contributed by atoms with Crippen LogP contribution < -0.4 is 10.5 Å². The molecular weight excluding hydrogens is 471 g/mol. The molecule has 0 bridgehead atoms. The minimum Gasteiger partial charge on any atom is -0.338 e. The molecular formula is C19H17F9N4O. The average molecular weight is 488 g/mol. The molecule has 0 aliphatic rings. The number of aromatic nitrogens is 2. The van der Waals surface area contributed by atoms with Crippen LogP contribution in [-0.4, -0.2) is 15.3 Å². The lowest BCUT2D eigenvalue weighted by Gasteiger charge is -2.15. The molecule has 5 nitrogen and oxygen atoms in total. The van der Waals surface area contributed by atoms with Crippen molar-refractivity contribution in [3.05, 3.63) is 46.7 Å². The number of hydrogen-bond donors (Lipinski definition) is 0. The first-order valence-electron chi connectivity index (χ1n) is 9.30. The van der Waals surface area contributed by atoms with Gasteiger partial charge in [0.15, 0.2) is 5.69 Å². The average Bonchev–Trinajstić information content (AvgIpc) is 2.69. The second kappa shape index (κ2) is 9.43. The summed E-state index contributed by atoms with van der Waals surface area (Å²) in [7, 11) is 0. The van der Waals surface area contributed by atoms with Crippen molar-refractivity contribution in [3.8, 4) is 5.88 Å². The first kappa shape index (κ1) is 26.2. The van der Waals surface area contributed by atoms with Gasteiger partial charge >= 0.3 is 18.5 Å². The zero-order chi connectivity index (χ0) is 25.2. The van der Waals surface area contributed by atoms with E-state index in [1.165, 1.54) is 13.8 Å². The van der Waals surface area contributed by atoms with Crippen LogP contribution in [0.1, 0.15) is 44.0 Å². The molecule has 0 fully saturated rings. The Kier molecular flexibility index (Phi) is 7.49. The van der Waals surface area contributed by atoms with Crippen molar-refractivity contribution in [1.82, 2.24) is 9.55 Å². The first-order chi connectivity index (χ1) is 15.1. The number of benzene rings is 1. The zero-order valence-corrected chi connectivity index (χ0v) is 17.3. The number of oxime groups is 1. The number of hydrogen-bond acceptors (Lipinski definition) is 4. The minimum absolute atomic E-state index is 0.151. The molecule has 2 rings (SSSR count). The Hall–Kier alpha value is -3.06. The lowest BCUT2D eigenvalue weighted by atomic mass is 10.1. The lowest BCUT2D eigenvalue weighted by molar-refractivity contribution is -0.143. The topological polar surface area (TPSA) is 51.8 Å². The van der Waals surface area contributed by atoms with Crippen LogP contribution >= 0.6 is 0 Å². The number of nitrogens with zero attached hydrogens (tertiary/aromatic N) is 4. The number of halogens is 9. The van der Waals surface area contributed by atoms with Crippen molar-refractivity contribution in [2.45, 2.75) is 52.3 Å². The summed E-state index contributed by atoms with van der Waals surface area (Å²) in [5, 5.41) is 3.64. The van der Waals surface area contributed by atoms with Gasteiger partial charge in [-0.1, -0.05) is 12.1 Å². The highest BCUT2D eigenvalue weighted by molar-refractivity contribution is 5.81. The van der Waals surface area contributed by atoms with Gasteiger partial charge in [0, 0.05) is 12.6 Å². The van der Waals surface area contributed by atoms with E-state index in [0.29, 0.717) is 30.3 Å². The molecule has 0 spiro atoms. The largest absolute Gasteiger partial charge is 0.433 e. The van der Waals surface area contributed by atoms with E-state index in [4.69, 9.17) is 4.84 Å². The third-order valence-electron chi connectivity index (χ3n) is 4.25. The van der Waals surface area contributed by atoms with E-state index in [9.17, 15) is 39.5 Å². The van der Waals surface area contributed by atoms with E-state index < -0.39 is 52.5 Å². The van der Waals surface area contributed by atoms with Crippen molar-refractivity contribution < 1.29 is 44.4 Å². The van der Waals surface area contributed by atoms with Crippen molar-refractivity contribution in [1.29, 1.82) is 0 Å². The summed E-state index contributed by atoms with van der Waals surface area (Å²) in [5.41, 5.74) is -6.43. The van der Waals surface area contributed by atoms with Crippen LogP contribution in [0, 0.1) is 0 Å². The molecule has 0 radical (unpaired) electrons. The summed E-state index contributed by atoms with van der Waals surface area (Å²) in [6.45, 7) is 4.51. The predicted molar refractivity (Wildman–Crippen MR) is 98.6 cm³/mol. The van der Waals surface area contributed by atoms with Crippen LogP contribution in [-0.2, 0) is 25.1 Å². The van der Waals surface area contributed by atoms with Gasteiger partial charge in [0.1, 0.15) is 0 Å². The Balaban J connectivity index is 2.86. The third-order valence-corrected chi connectivity index (χ3v) is 4.25. The molecule has 0 unspecified atom stereocenters. The molecule has 1 aromatic carbocycles. The van der Waals surface area contributed by atoms with Crippen LogP contribution in [0.3, 0.4) is 0 Å². The highest BCUT2D eigenvalue weighted by atomic mass is 19.4. The van der Waals surface area contributed by atoms with Gasteiger partial charge in [0.25, 0.3) is 0 Å². The Bertz CT molecular complexity index is 1100. The van der Waals surface area contributed by atoms with Crippen molar-refractivity contribution >= 4 is 11.4 Å². The van der Waals surface area contributed by atoms with Gasteiger partial charge in [-0.25, -0.2) is 9.98 Å². The lowest BCUT2D eigenvalue weighted by Crippen LogP contribution is -2.28. The van der Waals surface area contributed by atoms with Gasteiger partial charge in [-0.3, -0.25) is 4.57 Å². The monoisotopic (exact) mass is 488 g/mol. The fourth-order valence-corrected chi connectivity index (χ4v) is 2.43. The molecule has 1 heterocycles. The fraction of sp³-hybridized carbons (Fsp3) is 0.421. The summed E-state index contributed by atoms with van der Waals surface area (Å²) in [4.78, 5) is 11.8. The van der Waals surface area contributed by atoms with Gasteiger partial charge in [-0.15, -0.1) is 0 Å². The predicted octanol–water partition coefficient (Wildman–Crippen LogP) is 6.36. The Morgan fingerprint density at radius 2 is 1.58 bits per heavy atom. The smallest absolute Gasteiger partial charge is 0.338 e. The Labute approximate surface area is 181 Å². The molecule has 33 heavy (non-hydrogen) atoms. The molecule has 0 saturated heterocycles. The number of alkyl halides is 9. The molecule has 0 aliphatic carbocycles. The molecule has 2 aromatic rings. The quantitative estimate of drug-likeness (QED) is 0.280. The Morgan fingerprint density at radius 1 is 0.939 bits per heavy atom. The molecule has 1 aromatic heterocycles. The molecule has 0 N–H and O–H groups in total. The molecule has 182 valence electrons. The van der Waals surface area contributed by atoms with Crippen LogP contribution in [0.5, 0.6) is 5.88 Å². The van der Waals surface area contributed by atoms with E-state index in [2.05, 4.69) is 15.1 Å². The van der Waals surface area contributed by atoms with E-state index >= 15 is 0 Å². The minimum atomic E-state index is -5.28. The van der Waals surface area contributed by atoms with Crippen LogP contribution in [0.2, 0.25) is 0 Å². The van der Waals surface area contributed by atoms with Gasteiger partial charge in [-0.05, 0) is 38.5 Å². The van der Waals surface area contributed by atoms with Crippen molar-refractivity contribution in [2.75, 3.05) is 0 Å². The number of rotatable bonds is 5. The van der Waals surface area contributed by atoms with Crippen LogP contribution in [0.4, 0.5) is 45.2 Å². The summed E-state index contributed by atoms with van der Waals surface area (Å²) < 4.78 is 120. The van der Waals surface area contributed by atoms with Crippen molar-refractivity contribution in [3.63, 3.8) is 0 Å². The Morgan fingerprint density at radius 3 is 2.06 bits per heavy atom. The maximum atomic E-state index is 13.4. The molecule has 14 heteroatoms. The van der Waals surface area contributed by atoms with E-state index in [1.807, 2.05) is 0 Å². The summed E-state index contributed by atoms with van der Waals surface area (Å²) in [5.74, 6) is -0.521. The van der Waals surface area contributed by atoms with E-state index in [0.717, 1.165) is 4.57 Å². The first-order valence-corrected chi connectivity index (χ1v) is 9.30. The van der Waals surface area contributed by atoms with Crippen LogP contribution in [0.25, 0.3) is 0 Å². The normalized spacial score (nSPS) is 14.1. The maximum absolute atomic E-state index is 13.4. The van der Waals surface area contributed by atoms with Gasteiger partial charge < -0.3 is 4.84 Å². The second-order valence-corrected chi connectivity index (χ2v) is 6.63. The van der Waals surface area contributed by atoms with Gasteiger partial charge in [0.2, 0.25) is 11.5 Å². The highest BCUT2D eigenvalue weighted by Gasteiger charge is 2.39. The van der Waals surface area contributed by atoms with E-state index in [-0.39, 0.29) is 12.6 Å².